The van der Waals surface area contributed by atoms with Crippen LogP contribution in [0.4, 0.5) is 17.6 Å². The molecular weight excluding hydrogens is 358 g/mol. The van der Waals surface area contributed by atoms with Crippen molar-refractivity contribution < 1.29 is 31.9 Å². The summed E-state index contributed by atoms with van der Waals surface area (Å²) in [6.07, 6.45) is -5.40. The van der Waals surface area contributed by atoms with E-state index in [1.165, 1.54) is 13.8 Å². The van der Waals surface area contributed by atoms with Crippen molar-refractivity contribution in [3.05, 3.63) is 29.6 Å². The largest absolute Gasteiger partial charge is 0.573 e. The Labute approximate surface area is 147 Å². The predicted molar refractivity (Wildman–Crippen MR) is 83.4 cm³/mol. The van der Waals surface area contributed by atoms with Gasteiger partial charge in [0.05, 0.1) is 24.2 Å². The summed E-state index contributed by atoms with van der Waals surface area (Å²) in [6, 6.07) is 1.88. The molecule has 0 aromatic heterocycles. The van der Waals surface area contributed by atoms with E-state index in [9.17, 15) is 27.2 Å². The summed E-state index contributed by atoms with van der Waals surface area (Å²) in [5.74, 6) is -2.47. The molecule has 1 saturated heterocycles. The zero-order valence-electron chi connectivity index (χ0n) is 14.3. The molecule has 2 rings (SSSR count). The van der Waals surface area contributed by atoms with Gasteiger partial charge in [-0.05, 0) is 26.8 Å². The zero-order valence-corrected chi connectivity index (χ0v) is 14.3. The van der Waals surface area contributed by atoms with Crippen LogP contribution in [0.5, 0.6) is 5.75 Å². The normalized spacial score (nSPS) is 21.1. The molecule has 0 saturated carbocycles. The topological polar surface area (TPSA) is 79.5 Å². The molecule has 3 N–H and O–H groups in total. The number of alkyl halides is 3. The lowest BCUT2D eigenvalue weighted by Gasteiger charge is -2.33. The Morgan fingerprint density at radius 3 is 2.50 bits per heavy atom. The minimum absolute atomic E-state index is 0.0197. The third kappa shape index (κ3) is 5.07. The number of hydrogen-bond donors (Lipinski definition) is 3. The Bertz CT molecular complexity index is 706. The van der Waals surface area contributed by atoms with Gasteiger partial charge in [0.2, 0.25) is 11.8 Å². The molecule has 10 heteroatoms. The molecule has 0 bridgehead atoms. The van der Waals surface area contributed by atoms with Crippen molar-refractivity contribution in [1.29, 1.82) is 0 Å². The maximum Gasteiger partial charge on any atom is 0.573 e. The molecule has 0 radical (unpaired) electrons. The van der Waals surface area contributed by atoms with Gasteiger partial charge in [0, 0.05) is 11.6 Å². The lowest BCUT2D eigenvalue weighted by atomic mass is 9.92. The van der Waals surface area contributed by atoms with Gasteiger partial charge in [0.25, 0.3) is 0 Å². The number of ether oxygens (including phenoxy) is 1. The molecule has 1 heterocycles. The lowest BCUT2D eigenvalue weighted by molar-refractivity contribution is -0.274. The monoisotopic (exact) mass is 377 g/mol. The first-order valence-electron chi connectivity index (χ1n) is 7.80. The fourth-order valence-electron chi connectivity index (χ4n) is 2.72. The second kappa shape index (κ2) is 7.10. The summed E-state index contributed by atoms with van der Waals surface area (Å²) < 4.78 is 54.5. The summed E-state index contributed by atoms with van der Waals surface area (Å²) in [6.45, 7) is 4.67. The second-order valence-electron chi connectivity index (χ2n) is 6.52. The van der Waals surface area contributed by atoms with Gasteiger partial charge >= 0.3 is 6.36 Å². The van der Waals surface area contributed by atoms with Crippen LogP contribution in [-0.2, 0) is 15.1 Å². The highest BCUT2D eigenvalue weighted by Crippen LogP contribution is 2.29. The number of hydrogen-bond acceptors (Lipinski definition) is 4. The molecule has 1 aromatic rings. The average molecular weight is 377 g/mol. The SMILES string of the molecule is CC1NC(=O)CC(C(=O)NC(C)(C)c2ccc(OC(F)(F)F)cc2F)N1. The van der Waals surface area contributed by atoms with Crippen LogP contribution in [0.25, 0.3) is 0 Å². The van der Waals surface area contributed by atoms with Crippen molar-refractivity contribution in [1.82, 2.24) is 16.0 Å². The van der Waals surface area contributed by atoms with E-state index in [1.54, 1.807) is 6.92 Å². The van der Waals surface area contributed by atoms with Crippen LogP contribution < -0.4 is 20.7 Å². The molecule has 144 valence electrons. The molecule has 0 spiro atoms. The number of rotatable bonds is 4. The molecule has 1 aliphatic heterocycles. The van der Waals surface area contributed by atoms with Crippen LogP contribution in [0.2, 0.25) is 0 Å². The Morgan fingerprint density at radius 2 is 1.96 bits per heavy atom. The van der Waals surface area contributed by atoms with E-state index >= 15 is 0 Å². The minimum Gasteiger partial charge on any atom is -0.406 e. The Kier molecular flexibility index (Phi) is 5.45. The molecule has 2 unspecified atom stereocenters. The van der Waals surface area contributed by atoms with Gasteiger partial charge in [-0.1, -0.05) is 6.07 Å². The number of carbonyl (C=O) groups excluding carboxylic acids is 2. The Morgan fingerprint density at radius 1 is 1.31 bits per heavy atom. The predicted octanol–water partition coefficient (Wildman–Crippen LogP) is 1.90. The van der Waals surface area contributed by atoms with Crippen LogP contribution in [0.1, 0.15) is 32.8 Å². The molecule has 1 aliphatic rings. The number of carbonyl (C=O) groups is 2. The molecule has 1 fully saturated rings. The lowest BCUT2D eigenvalue weighted by Crippen LogP contribution is -2.61. The number of nitrogens with one attached hydrogen (secondary N) is 3. The van der Waals surface area contributed by atoms with Crippen LogP contribution in [0, 0.1) is 5.82 Å². The first kappa shape index (κ1) is 20.0. The standard InChI is InChI=1S/C16H19F4N3O3/c1-8-21-12(7-13(24)22-8)14(25)23-15(2,3)10-5-4-9(6-11(10)17)26-16(18,19)20/h4-6,8,12,21H,7H2,1-3H3,(H,22,24)(H,23,25). The number of benzene rings is 1. The van der Waals surface area contributed by atoms with Gasteiger partial charge in [0.1, 0.15) is 11.6 Å². The molecule has 6 nitrogen and oxygen atoms in total. The average Bonchev–Trinajstić information content (AvgIpc) is 2.43. The molecule has 2 amide bonds. The summed E-state index contributed by atoms with van der Waals surface area (Å²) in [4.78, 5) is 23.9. The summed E-state index contributed by atoms with van der Waals surface area (Å²) in [5, 5.41) is 8.09. The van der Waals surface area contributed by atoms with E-state index in [4.69, 9.17) is 0 Å². The van der Waals surface area contributed by atoms with Crippen LogP contribution >= 0.6 is 0 Å². The highest BCUT2D eigenvalue weighted by Gasteiger charge is 2.35. The minimum atomic E-state index is -4.93. The zero-order chi connectivity index (χ0) is 19.7. The van der Waals surface area contributed by atoms with Crippen LogP contribution in [0.15, 0.2) is 18.2 Å². The van der Waals surface area contributed by atoms with E-state index in [0.717, 1.165) is 12.1 Å². The van der Waals surface area contributed by atoms with Crippen molar-refractivity contribution in [2.75, 3.05) is 0 Å². The molecular formula is C16H19F4N3O3. The fraction of sp³-hybridized carbons (Fsp3) is 0.500. The number of halogens is 4. The quantitative estimate of drug-likeness (QED) is 0.701. The van der Waals surface area contributed by atoms with E-state index < -0.39 is 41.6 Å². The highest BCUT2D eigenvalue weighted by molar-refractivity contribution is 5.90. The summed E-state index contributed by atoms with van der Waals surface area (Å²) >= 11 is 0. The first-order valence-corrected chi connectivity index (χ1v) is 7.80. The van der Waals surface area contributed by atoms with Gasteiger partial charge < -0.3 is 15.4 Å². The van der Waals surface area contributed by atoms with Crippen molar-refractivity contribution in [3.63, 3.8) is 0 Å². The Balaban J connectivity index is 2.14. The third-order valence-electron chi connectivity index (χ3n) is 3.82. The Hall–Kier alpha value is -2.36. The van der Waals surface area contributed by atoms with E-state index in [0.29, 0.717) is 6.07 Å². The molecule has 2 atom stereocenters. The van der Waals surface area contributed by atoms with Crippen molar-refractivity contribution in [3.8, 4) is 5.75 Å². The summed E-state index contributed by atoms with van der Waals surface area (Å²) in [7, 11) is 0. The maximum absolute atomic E-state index is 14.3. The molecule has 26 heavy (non-hydrogen) atoms. The molecule has 1 aromatic carbocycles. The summed E-state index contributed by atoms with van der Waals surface area (Å²) in [5.41, 5.74) is -1.25. The van der Waals surface area contributed by atoms with Crippen molar-refractivity contribution >= 4 is 11.8 Å². The van der Waals surface area contributed by atoms with Gasteiger partial charge in [0.15, 0.2) is 0 Å². The van der Waals surface area contributed by atoms with Crippen molar-refractivity contribution in [2.24, 2.45) is 0 Å². The van der Waals surface area contributed by atoms with Crippen LogP contribution in [0.3, 0.4) is 0 Å². The smallest absolute Gasteiger partial charge is 0.406 e. The van der Waals surface area contributed by atoms with Gasteiger partial charge in [-0.3, -0.25) is 14.9 Å². The third-order valence-corrected chi connectivity index (χ3v) is 3.82. The van der Waals surface area contributed by atoms with Crippen LogP contribution in [-0.4, -0.2) is 30.4 Å². The fourth-order valence-corrected chi connectivity index (χ4v) is 2.72. The highest BCUT2D eigenvalue weighted by atomic mass is 19.4. The van der Waals surface area contributed by atoms with Gasteiger partial charge in [-0.2, -0.15) is 0 Å². The van der Waals surface area contributed by atoms with E-state index in [1.807, 2.05) is 0 Å². The van der Waals surface area contributed by atoms with E-state index in [-0.39, 0.29) is 17.9 Å². The van der Waals surface area contributed by atoms with Crippen molar-refractivity contribution in [2.45, 2.75) is 51.3 Å². The second-order valence-corrected chi connectivity index (χ2v) is 6.52. The van der Waals surface area contributed by atoms with Gasteiger partial charge in [-0.25, -0.2) is 4.39 Å². The first-order chi connectivity index (χ1) is 11.9. The van der Waals surface area contributed by atoms with Gasteiger partial charge in [-0.15, -0.1) is 13.2 Å². The van der Waals surface area contributed by atoms with E-state index in [2.05, 4.69) is 20.7 Å². The number of amides is 2. The maximum atomic E-state index is 14.3. The molecule has 0 aliphatic carbocycles.